The maximum atomic E-state index is 5.68. The molecule has 1 rings (SSSR count). The Hall–Kier alpha value is -0.120. The summed E-state index contributed by atoms with van der Waals surface area (Å²) in [5.41, 5.74) is 5.68. The number of rotatable bonds is 4. The summed E-state index contributed by atoms with van der Waals surface area (Å²) in [6.45, 7) is 3.30. The molecule has 3 nitrogen and oxygen atoms in total. The van der Waals surface area contributed by atoms with E-state index in [0.717, 1.165) is 19.4 Å². The molecule has 72 valence electrons. The molecular weight excluding hydrogens is 150 g/mol. The van der Waals surface area contributed by atoms with E-state index >= 15 is 0 Å². The van der Waals surface area contributed by atoms with Crippen LogP contribution < -0.4 is 11.1 Å². The van der Waals surface area contributed by atoms with Gasteiger partial charge in [0.2, 0.25) is 0 Å². The third-order valence-corrected chi connectivity index (χ3v) is 2.76. The van der Waals surface area contributed by atoms with E-state index in [9.17, 15) is 0 Å². The lowest BCUT2D eigenvalue weighted by Gasteiger charge is -2.34. The van der Waals surface area contributed by atoms with Crippen molar-refractivity contribution in [1.82, 2.24) is 10.2 Å². The summed E-state index contributed by atoms with van der Waals surface area (Å²) in [6.07, 6.45) is 2.31. The zero-order valence-corrected chi connectivity index (χ0v) is 8.38. The van der Waals surface area contributed by atoms with Crippen LogP contribution in [0.15, 0.2) is 0 Å². The topological polar surface area (TPSA) is 41.3 Å². The molecule has 3 heteroatoms. The van der Waals surface area contributed by atoms with Crippen molar-refractivity contribution in [3.8, 4) is 0 Å². The highest BCUT2D eigenvalue weighted by atomic mass is 15.1. The second-order valence-corrected chi connectivity index (χ2v) is 4.15. The quantitative estimate of drug-likeness (QED) is 0.626. The van der Waals surface area contributed by atoms with Crippen LogP contribution >= 0.6 is 0 Å². The molecule has 0 amide bonds. The minimum atomic E-state index is 0.456. The summed E-state index contributed by atoms with van der Waals surface area (Å²) in [7, 11) is 4.22. The average Bonchev–Trinajstić information content (AvgIpc) is 1.95. The van der Waals surface area contributed by atoms with Crippen LogP contribution in [0.1, 0.15) is 19.8 Å². The van der Waals surface area contributed by atoms with Crippen molar-refractivity contribution in [2.24, 2.45) is 5.73 Å². The first kappa shape index (κ1) is 9.96. The average molecular weight is 171 g/mol. The van der Waals surface area contributed by atoms with Gasteiger partial charge in [0.05, 0.1) is 0 Å². The Labute approximate surface area is 75.3 Å². The minimum absolute atomic E-state index is 0.456. The predicted octanol–water partition coefficient (Wildman–Crippen LogP) is 0.0158. The van der Waals surface area contributed by atoms with Crippen molar-refractivity contribution in [2.75, 3.05) is 20.6 Å². The molecule has 1 unspecified atom stereocenters. The zero-order chi connectivity index (χ0) is 9.14. The Morgan fingerprint density at radius 1 is 1.50 bits per heavy atom. The summed E-state index contributed by atoms with van der Waals surface area (Å²) in [6, 6.07) is 1.75. The van der Waals surface area contributed by atoms with E-state index in [0.29, 0.717) is 18.1 Å². The van der Waals surface area contributed by atoms with Gasteiger partial charge >= 0.3 is 0 Å². The van der Waals surface area contributed by atoms with Gasteiger partial charge in [0.25, 0.3) is 0 Å². The number of hydrogen-bond acceptors (Lipinski definition) is 3. The van der Waals surface area contributed by atoms with Crippen LogP contribution in [0.25, 0.3) is 0 Å². The van der Waals surface area contributed by atoms with Crippen LogP contribution in [0.3, 0.4) is 0 Å². The molecule has 0 spiro atoms. The summed E-state index contributed by atoms with van der Waals surface area (Å²) in [5, 5.41) is 3.51. The van der Waals surface area contributed by atoms with Gasteiger partial charge in [-0.25, -0.2) is 0 Å². The van der Waals surface area contributed by atoms with Gasteiger partial charge in [-0.1, -0.05) is 0 Å². The second kappa shape index (κ2) is 4.21. The van der Waals surface area contributed by atoms with Crippen molar-refractivity contribution in [2.45, 2.75) is 37.9 Å². The minimum Gasteiger partial charge on any atom is -0.328 e. The molecule has 0 aromatic carbocycles. The van der Waals surface area contributed by atoms with Crippen LogP contribution in [0.4, 0.5) is 0 Å². The standard InChI is InChI=1S/C9H21N3/c1-7(12(2)3)6-11-9-4-8(10)5-9/h7-9,11H,4-6,10H2,1-3H3. The van der Waals surface area contributed by atoms with Gasteiger partial charge < -0.3 is 16.0 Å². The molecular formula is C9H21N3. The highest BCUT2D eigenvalue weighted by Gasteiger charge is 2.25. The van der Waals surface area contributed by atoms with Crippen molar-refractivity contribution in [3.63, 3.8) is 0 Å². The molecule has 1 aliphatic carbocycles. The highest BCUT2D eigenvalue weighted by molar-refractivity contribution is 4.88. The Morgan fingerprint density at radius 2 is 2.08 bits per heavy atom. The Kier molecular flexibility index (Phi) is 3.50. The molecule has 0 radical (unpaired) electrons. The lowest BCUT2D eigenvalue weighted by atomic mass is 9.87. The highest BCUT2D eigenvalue weighted by Crippen LogP contribution is 2.17. The van der Waals surface area contributed by atoms with Crippen LogP contribution in [0.2, 0.25) is 0 Å². The van der Waals surface area contributed by atoms with E-state index in [1.165, 1.54) is 0 Å². The van der Waals surface area contributed by atoms with Crippen LogP contribution in [0, 0.1) is 0 Å². The number of nitrogens with two attached hydrogens (primary N) is 1. The number of nitrogens with zero attached hydrogens (tertiary/aromatic N) is 1. The van der Waals surface area contributed by atoms with Gasteiger partial charge in [-0.05, 0) is 33.9 Å². The smallest absolute Gasteiger partial charge is 0.0186 e. The van der Waals surface area contributed by atoms with Crippen LogP contribution in [-0.4, -0.2) is 43.7 Å². The van der Waals surface area contributed by atoms with Crippen molar-refractivity contribution in [3.05, 3.63) is 0 Å². The van der Waals surface area contributed by atoms with Crippen LogP contribution in [-0.2, 0) is 0 Å². The van der Waals surface area contributed by atoms with Gasteiger partial charge in [0.15, 0.2) is 0 Å². The third-order valence-electron chi connectivity index (χ3n) is 2.76. The molecule has 1 fully saturated rings. The van der Waals surface area contributed by atoms with E-state index in [-0.39, 0.29) is 0 Å². The van der Waals surface area contributed by atoms with Crippen molar-refractivity contribution >= 4 is 0 Å². The van der Waals surface area contributed by atoms with E-state index in [2.05, 4.69) is 31.2 Å². The monoisotopic (exact) mass is 171 g/mol. The number of hydrogen-bond donors (Lipinski definition) is 2. The molecule has 0 aliphatic heterocycles. The fraction of sp³-hybridized carbons (Fsp3) is 1.00. The fourth-order valence-electron chi connectivity index (χ4n) is 1.35. The van der Waals surface area contributed by atoms with Gasteiger partial charge in [0.1, 0.15) is 0 Å². The molecule has 0 bridgehead atoms. The van der Waals surface area contributed by atoms with Crippen molar-refractivity contribution in [1.29, 1.82) is 0 Å². The Bertz CT molecular complexity index is 130. The number of likely N-dealkylation sites (N-methyl/N-ethyl adjacent to an activating group) is 1. The Balaban J connectivity index is 2.02. The maximum absolute atomic E-state index is 5.68. The summed E-state index contributed by atoms with van der Waals surface area (Å²) in [4.78, 5) is 2.23. The predicted molar refractivity (Wildman–Crippen MR) is 52.1 cm³/mol. The SMILES string of the molecule is CC(CNC1CC(N)C1)N(C)C. The molecule has 1 aliphatic rings. The lowest BCUT2D eigenvalue weighted by molar-refractivity contribution is 0.246. The van der Waals surface area contributed by atoms with Gasteiger partial charge in [0, 0.05) is 24.7 Å². The summed E-state index contributed by atoms with van der Waals surface area (Å²) >= 11 is 0. The zero-order valence-electron chi connectivity index (χ0n) is 8.38. The molecule has 1 saturated carbocycles. The van der Waals surface area contributed by atoms with E-state index in [1.807, 2.05) is 0 Å². The first-order valence-corrected chi connectivity index (χ1v) is 4.75. The molecule has 0 aromatic rings. The van der Waals surface area contributed by atoms with E-state index in [4.69, 9.17) is 5.73 Å². The molecule has 1 atom stereocenters. The normalized spacial score (nSPS) is 31.8. The first-order chi connectivity index (χ1) is 5.59. The number of nitrogens with one attached hydrogen (secondary N) is 1. The first-order valence-electron chi connectivity index (χ1n) is 4.75. The second-order valence-electron chi connectivity index (χ2n) is 4.15. The van der Waals surface area contributed by atoms with Gasteiger partial charge in [-0.15, -0.1) is 0 Å². The fourth-order valence-corrected chi connectivity index (χ4v) is 1.35. The molecule has 0 saturated heterocycles. The molecule has 3 N–H and O–H groups in total. The molecule has 12 heavy (non-hydrogen) atoms. The lowest BCUT2D eigenvalue weighted by Crippen LogP contribution is -2.51. The van der Waals surface area contributed by atoms with Crippen molar-refractivity contribution < 1.29 is 0 Å². The largest absolute Gasteiger partial charge is 0.328 e. The van der Waals surface area contributed by atoms with E-state index < -0.39 is 0 Å². The van der Waals surface area contributed by atoms with E-state index in [1.54, 1.807) is 0 Å². The molecule has 0 aromatic heterocycles. The van der Waals surface area contributed by atoms with Crippen LogP contribution in [0.5, 0.6) is 0 Å². The van der Waals surface area contributed by atoms with Gasteiger partial charge in [-0.2, -0.15) is 0 Å². The summed E-state index contributed by atoms with van der Waals surface area (Å²) in [5.74, 6) is 0. The van der Waals surface area contributed by atoms with Gasteiger partial charge in [-0.3, -0.25) is 0 Å². The molecule has 0 heterocycles. The Morgan fingerprint density at radius 3 is 2.50 bits per heavy atom. The maximum Gasteiger partial charge on any atom is 0.0186 e. The third kappa shape index (κ3) is 2.73. The summed E-state index contributed by atoms with van der Waals surface area (Å²) < 4.78 is 0.